The normalized spacial score (nSPS) is 17.9. The SMILES string of the molecule is CNc1ccc(Cl)cc1C(=O)N1CCCC1(C)C. The molecule has 1 aromatic rings. The molecule has 1 aliphatic heterocycles. The lowest BCUT2D eigenvalue weighted by molar-refractivity contribution is 0.0653. The number of hydrogen-bond donors (Lipinski definition) is 1. The third kappa shape index (κ3) is 2.32. The van der Waals surface area contributed by atoms with Crippen molar-refractivity contribution in [2.75, 3.05) is 18.9 Å². The van der Waals surface area contributed by atoms with Crippen LogP contribution in [0.2, 0.25) is 5.02 Å². The minimum absolute atomic E-state index is 0.0596. The van der Waals surface area contributed by atoms with E-state index in [0.717, 1.165) is 25.1 Å². The highest BCUT2D eigenvalue weighted by Gasteiger charge is 2.36. The van der Waals surface area contributed by atoms with Crippen molar-refractivity contribution in [3.05, 3.63) is 28.8 Å². The number of amides is 1. The molecule has 1 amide bonds. The molecule has 0 aromatic heterocycles. The molecule has 0 spiro atoms. The molecule has 0 aliphatic carbocycles. The molecule has 1 heterocycles. The lowest BCUT2D eigenvalue weighted by Crippen LogP contribution is -2.42. The molecule has 1 fully saturated rings. The van der Waals surface area contributed by atoms with E-state index in [2.05, 4.69) is 19.2 Å². The van der Waals surface area contributed by atoms with E-state index in [9.17, 15) is 4.79 Å². The quantitative estimate of drug-likeness (QED) is 0.890. The van der Waals surface area contributed by atoms with Gasteiger partial charge in [-0.25, -0.2) is 0 Å². The number of likely N-dealkylation sites (tertiary alicyclic amines) is 1. The van der Waals surface area contributed by atoms with Crippen molar-refractivity contribution >= 4 is 23.2 Å². The van der Waals surface area contributed by atoms with Crippen LogP contribution in [0.3, 0.4) is 0 Å². The zero-order valence-corrected chi connectivity index (χ0v) is 11.8. The van der Waals surface area contributed by atoms with Gasteiger partial charge in [0, 0.05) is 29.8 Å². The molecule has 0 bridgehead atoms. The minimum Gasteiger partial charge on any atom is -0.387 e. The molecule has 18 heavy (non-hydrogen) atoms. The maximum Gasteiger partial charge on any atom is 0.256 e. The Hall–Kier alpha value is -1.22. The third-order valence-electron chi connectivity index (χ3n) is 3.63. The van der Waals surface area contributed by atoms with Gasteiger partial charge in [-0.15, -0.1) is 0 Å². The lowest BCUT2D eigenvalue weighted by atomic mass is 10.0. The van der Waals surface area contributed by atoms with Gasteiger partial charge in [0.05, 0.1) is 5.56 Å². The molecule has 4 heteroatoms. The average molecular weight is 267 g/mol. The first-order valence-corrected chi connectivity index (χ1v) is 6.63. The molecule has 0 unspecified atom stereocenters. The van der Waals surface area contributed by atoms with Gasteiger partial charge in [-0.2, -0.15) is 0 Å². The first-order chi connectivity index (χ1) is 8.45. The summed E-state index contributed by atoms with van der Waals surface area (Å²) in [5.41, 5.74) is 1.41. The Morgan fingerprint density at radius 1 is 1.44 bits per heavy atom. The summed E-state index contributed by atoms with van der Waals surface area (Å²) in [6.45, 7) is 5.05. The van der Waals surface area contributed by atoms with Crippen LogP contribution in [0, 0.1) is 0 Å². The number of anilines is 1. The Bertz CT molecular complexity index is 471. The van der Waals surface area contributed by atoms with Gasteiger partial charge in [0.15, 0.2) is 0 Å². The number of nitrogens with zero attached hydrogens (tertiary/aromatic N) is 1. The van der Waals surface area contributed by atoms with Crippen LogP contribution in [0.25, 0.3) is 0 Å². The highest BCUT2D eigenvalue weighted by Crippen LogP contribution is 2.32. The van der Waals surface area contributed by atoms with Crippen LogP contribution in [-0.2, 0) is 0 Å². The summed E-state index contributed by atoms with van der Waals surface area (Å²) >= 11 is 6.00. The molecule has 0 radical (unpaired) electrons. The number of benzene rings is 1. The Kier molecular flexibility index (Phi) is 3.53. The summed E-state index contributed by atoms with van der Waals surface area (Å²) in [5, 5.41) is 3.64. The van der Waals surface area contributed by atoms with Gasteiger partial charge in [0.1, 0.15) is 0 Å². The number of halogens is 1. The highest BCUT2D eigenvalue weighted by molar-refractivity contribution is 6.31. The molecule has 1 aliphatic rings. The second kappa shape index (κ2) is 4.81. The highest BCUT2D eigenvalue weighted by atomic mass is 35.5. The fourth-order valence-electron chi connectivity index (χ4n) is 2.54. The van der Waals surface area contributed by atoms with Crippen molar-refractivity contribution in [2.24, 2.45) is 0 Å². The Balaban J connectivity index is 2.37. The van der Waals surface area contributed by atoms with Crippen LogP contribution < -0.4 is 5.32 Å². The van der Waals surface area contributed by atoms with Crippen molar-refractivity contribution in [2.45, 2.75) is 32.2 Å². The van der Waals surface area contributed by atoms with Gasteiger partial charge in [-0.3, -0.25) is 4.79 Å². The summed E-state index contributed by atoms with van der Waals surface area (Å²) in [6, 6.07) is 5.38. The molecule has 1 N–H and O–H groups in total. The van der Waals surface area contributed by atoms with Gasteiger partial charge >= 0.3 is 0 Å². The van der Waals surface area contributed by atoms with Crippen molar-refractivity contribution < 1.29 is 4.79 Å². The van der Waals surface area contributed by atoms with Crippen LogP contribution in [0.1, 0.15) is 37.0 Å². The monoisotopic (exact) mass is 266 g/mol. The van der Waals surface area contributed by atoms with Gasteiger partial charge in [0.2, 0.25) is 0 Å². The average Bonchev–Trinajstić information content (AvgIpc) is 2.68. The van der Waals surface area contributed by atoms with Crippen molar-refractivity contribution in [3.63, 3.8) is 0 Å². The van der Waals surface area contributed by atoms with E-state index >= 15 is 0 Å². The van der Waals surface area contributed by atoms with Crippen LogP contribution in [0.15, 0.2) is 18.2 Å². The van der Waals surface area contributed by atoms with E-state index in [1.54, 1.807) is 12.1 Å². The topological polar surface area (TPSA) is 32.3 Å². The lowest BCUT2D eigenvalue weighted by Gasteiger charge is -2.32. The molecule has 3 nitrogen and oxygen atoms in total. The Labute approximate surface area is 113 Å². The van der Waals surface area contributed by atoms with Crippen molar-refractivity contribution in [1.82, 2.24) is 4.90 Å². The summed E-state index contributed by atoms with van der Waals surface area (Å²) in [5.74, 6) is 0.0596. The maximum atomic E-state index is 12.6. The zero-order valence-electron chi connectivity index (χ0n) is 11.1. The molecule has 98 valence electrons. The number of carbonyl (C=O) groups excluding carboxylic acids is 1. The number of carbonyl (C=O) groups is 1. The van der Waals surface area contributed by atoms with Crippen LogP contribution in [-0.4, -0.2) is 29.9 Å². The van der Waals surface area contributed by atoms with E-state index in [0.29, 0.717) is 10.6 Å². The smallest absolute Gasteiger partial charge is 0.256 e. The first kappa shape index (κ1) is 13.2. The fraction of sp³-hybridized carbons (Fsp3) is 0.500. The van der Waals surface area contributed by atoms with E-state index in [1.807, 2.05) is 18.0 Å². The molecular weight excluding hydrogens is 248 g/mol. The largest absolute Gasteiger partial charge is 0.387 e. The fourth-order valence-corrected chi connectivity index (χ4v) is 2.71. The van der Waals surface area contributed by atoms with Crippen LogP contribution >= 0.6 is 11.6 Å². The van der Waals surface area contributed by atoms with Gasteiger partial charge in [0.25, 0.3) is 5.91 Å². The van der Waals surface area contributed by atoms with Crippen LogP contribution in [0.4, 0.5) is 5.69 Å². The van der Waals surface area contributed by atoms with Crippen molar-refractivity contribution in [3.8, 4) is 0 Å². The molecule has 0 atom stereocenters. The first-order valence-electron chi connectivity index (χ1n) is 6.25. The predicted octanol–water partition coefficient (Wildman–Crippen LogP) is 3.40. The predicted molar refractivity (Wildman–Crippen MR) is 75.3 cm³/mol. The minimum atomic E-state index is -0.0651. The second-order valence-corrected chi connectivity index (χ2v) is 5.75. The molecule has 1 aromatic carbocycles. The van der Waals surface area contributed by atoms with E-state index in [-0.39, 0.29) is 11.4 Å². The number of rotatable bonds is 2. The third-order valence-corrected chi connectivity index (χ3v) is 3.86. The molecule has 1 saturated heterocycles. The zero-order chi connectivity index (χ0) is 13.3. The second-order valence-electron chi connectivity index (χ2n) is 5.31. The summed E-state index contributed by atoms with van der Waals surface area (Å²) < 4.78 is 0. The Morgan fingerprint density at radius 2 is 2.17 bits per heavy atom. The van der Waals surface area contributed by atoms with E-state index in [4.69, 9.17) is 11.6 Å². The summed E-state index contributed by atoms with van der Waals surface area (Å²) in [7, 11) is 1.81. The van der Waals surface area contributed by atoms with Gasteiger partial charge in [-0.05, 0) is 44.9 Å². The van der Waals surface area contributed by atoms with Crippen molar-refractivity contribution in [1.29, 1.82) is 0 Å². The van der Waals surface area contributed by atoms with E-state index in [1.165, 1.54) is 0 Å². The summed E-state index contributed by atoms with van der Waals surface area (Å²) in [6.07, 6.45) is 2.11. The standard InChI is InChI=1S/C14H19ClN2O/c1-14(2)7-4-8-17(14)13(18)11-9-10(15)5-6-12(11)16-3/h5-6,9,16H,4,7-8H2,1-3H3. The Morgan fingerprint density at radius 3 is 2.72 bits per heavy atom. The van der Waals surface area contributed by atoms with Gasteiger partial charge in [-0.1, -0.05) is 11.6 Å². The number of nitrogens with one attached hydrogen (secondary N) is 1. The molecule has 0 saturated carbocycles. The maximum absolute atomic E-state index is 12.6. The summed E-state index contributed by atoms with van der Waals surface area (Å²) in [4.78, 5) is 14.6. The van der Waals surface area contributed by atoms with Crippen LogP contribution in [0.5, 0.6) is 0 Å². The van der Waals surface area contributed by atoms with E-state index < -0.39 is 0 Å². The number of hydrogen-bond acceptors (Lipinski definition) is 2. The molecule has 2 rings (SSSR count). The van der Waals surface area contributed by atoms with Gasteiger partial charge < -0.3 is 10.2 Å². The molecular formula is C14H19ClN2O.